The highest BCUT2D eigenvalue weighted by atomic mass is 14.1. The summed E-state index contributed by atoms with van der Waals surface area (Å²) in [6.07, 6.45) is 8.49. The van der Waals surface area contributed by atoms with Gasteiger partial charge in [-0.25, -0.2) is 0 Å². The third-order valence-electron chi connectivity index (χ3n) is 1.35. The number of allylic oxidation sites excluding steroid dienone is 4. The molecule has 1 aliphatic rings. The van der Waals surface area contributed by atoms with E-state index in [0.717, 1.165) is 0 Å². The molecule has 0 heteroatoms. The van der Waals surface area contributed by atoms with Crippen molar-refractivity contribution in [2.75, 3.05) is 0 Å². The standard InChI is InChI=1S/C8H11/c1-7-4-3-5-8(2)6-7/h4-5,7H,6H2,1-2H3. The first-order valence-corrected chi connectivity index (χ1v) is 3.04. The molecule has 0 saturated carbocycles. The number of hydrogen-bond acceptors (Lipinski definition) is 0. The van der Waals surface area contributed by atoms with E-state index in [1.54, 1.807) is 0 Å². The molecule has 0 nitrogen and oxygen atoms in total. The molecule has 0 N–H and O–H groups in total. The van der Waals surface area contributed by atoms with Crippen LogP contribution in [-0.4, -0.2) is 0 Å². The van der Waals surface area contributed by atoms with Crippen LogP contribution in [0.15, 0.2) is 17.7 Å². The van der Waals surface area contributed by atoms with E-state index in [4.69, 9.17) is 0 Å². The lowest BCUT2D eigenvalue weighted by Gasteiger charge is -2.08. The van der Waals surface area contributed by atoms with E-state index in [-0.39, 0.29) is 0 Å². The molecule has 0 aromatic heterocycles. The quantitative estimate of drug-likeness (QED) is 0.445. The molecule has 1 radical (unpaired) electrons. The van der Waals surface area contributed by atoms with E-state index < -0.39 is 0 Å². The molecule has 0 fully saturated rings. The first-order valence-electron chi connectivity index (χ1n) is 3.04. The summed E-state index contributed by atoms with van der Waals surface area (Å²) in [6, 6.07) is 0. The van der Waals surface area contributed by atoms with Gasteiger partial charge in [0.25, 0.3) is 0 Å². The van der Waals surface area contributed by atoms with Gasteiger partial charge in [-0.15, -0.1) is 0 Å². The molecule has 0 spiro atoms. The molecule has 0 heterocycles. The van der Waals surface area contributed by atoms with Crippen LogP contribution in [0, 0.1) is 12.0 Å². The summed E-state index contributed by atoms with van der Waals surface area (Å²) in [6.45, 7) is 4.36. The van der Waals surface area contributed by atoms with E-state index in [2.05, 4.69) is 32.1 Å². The highest BCUT2D eigenvalue weighted by Gasteiger charge is 2.00. The fraction of sp³-hybridized carbons (Fsp3) is 0.500. The molecule has 0 aromatic carbocycles. The molecule has 43 valence electrons. The third kappa shape index (κ3) is 1.22. The summed E-state index contributed by atoms with van der Waals surface area (Å²) < 4.78 is 0. The maximum absolute atomic E-state index is 3.10. The zero-order valence-electron chi connectivity index (χ0n) is 5.44. The summed E-state index contributed by atoms with van der Waals surface area (Å²) in [4.78, 5) is 0. The van der Waals surface area contributed by atoms with Crippen molar-refractivity contribution in [1.29, 1.82) is 0 Å². The average Bonchev–Trinajstić information content (AvgIpc) is 1.64. The van der Waals surface area contributed by atoms with Crippen LogP contribution in [-0.2, 0) is 0 Å². The molecule has 0 amide bonds. The van der Waals surface area contributed by atoms with Gasteiger partial charge in [-0.1, -0.05) is 24.6 Å². The molecular formula is C8H11. The van der Waals surface area contributed by atoms with E-state index in [9.17, 15) is 0 Å². The van der Waals surface area contributed by atoms with E-state index in [1.807, 2.05) is 0 Å². The SMILES string of the molecule is CC1=C[C]=CC(C)C1. The van der Waals surface area contributed by atoms with Gasteiger partial charge >= 0.3 is 0 Å². The van der Waals surface area contributed by atoms with Crippen LogP contribution in [0.3, 0.4) is 0 Å². The molecule has 8 heavy (non-hydrogen) atoms. The second-order valence-electron chi connectivity index (χ2n) is 2.51. The molecule has 1 rings (SSSR count). The molecule has 0 saturated heterocycles. The lowest BCUT2D eigenvalue weighted by Crippen LogP contribution is -1.93. The van der Waals surface area contributed by atoms with Gasteiger partial charge in [-0.05, 0) is 25.3 Å². The van der Waals surface area contributed by atoms with Gasteiger partial charge in [0, 0.05) is 0 Å². The van der Waals surface area contributed by atoms with Gasteiger partial charge in [0.2, 0.25) is 0 Å². The Morgan fingerprint density at radius 3 is 2.88 bits per heavy atom. The van der Waals surface area contributed by atoms with Gasteiger partial charge in [0.1, 0.15) is 0 Å². The van der Waals surface area contributed by atoms with Crippen molar-refractivity contribution in [3.63, 3.8) is 0 Å². The summed E-state index contributed by atoms with van der Waals surface area (Å²) in [5, 5.41) is 0. The van der Waals surface area contributed by atoms with Gasteiger partial charge < -0.3 is 0 Å². The summed E-state index contributed by atoms with van der Waals surface area (Å²) in [5.74, 6) is 0.708. The molecule has 0 aromatic rings. The average molecular weight is 107 g/mol. The highest BCUT2D eigenvalue weighted by Crippen LogP contribution is 2.15. The van der Waals surface area contributed by atoms with Crippen LogP contribution in [0.4, 0.5) is 0 Å². The van der Waals surface area contributed by atoms with E-state index in [1.165, 1.54) is 12.0 Å². The Morgan fingerprint density at radius 1 is 1.75 bits per heavy atom. The normalized spacial score (nSPS) is 27.8. The van der Waals surface area contributed by atoms with E-state index in [0.29, 0.717) is 5.92 Å². The van der Waals surface area contributed by atoms with Gasteiger partial charge in [0.15, 0.2) is 0 Å². The van der Waals surface area contributed by atoms with Crippen LogP contribution < -0.4 is 0 Å². The predicted molar refractivity (Wildman–Crippen MR) is 35.4 cm³/mol. The Morgan fingerprint density at radius 2 is 2.50 bits per heavy atom. The van der Waals surface area contributed by atoms with Crippen LogP contribution in [0.1, 0.15) is 20.3 Å². The van der Waals surface area contributed by atoms with Crippen LogP contribution in [0.5, 0.6) is 0 Å². The molecule has 0 bridgehead atoms. The zero-order chi connectivity index (χ0) is 5.98. The van der Waals surface area contributed by atoms with Crippen LogP contribution >= 0.6 is 0 Å². The Balaban J connectivity index is 2.59. The Kier molecular flexibility index (Phi) is 1.52. The minimum Gasteiger partial charge on any atom is -0.0735 e. The van der Waals surface area contributed by atoms with Gasteiger partial charge in [-0.3, -0.25) is 0 Å². The molecule has 1 unspecified atom stereocenters. The lowest BCUT2D eigenvalue weighted by molar-refractivity contribution is 0.704. The molecular weight excluding hydrogens is 96.1 g/mol. The van der Waals surface area contributed by atoms with Crippen LogP contribution in [0.2, 0.25) is 0 Å². The Labute approximate surface area is 50.9 Å². The first kappa shape index (κ1) is 5.61. The Hall–Kier alpha value is -0.520. The lowest BCUT2D eigenvalue weighted by atomic mass is 9.97. The predicted octanol–water partition coefficient (Wildman–Crippen LogP) is 2.33. The number of hydrogen-bond donors (Lipinski definition) is 0. The molecule has 1 atom stereocenters. The summed E-state index contributed by atoms with van der Waals surface area (Å²) in [5.41, 5.74) is 1.44. The maximum atomic E-state index is 3.10. The zero-order valence-corrected chi connectivity index (χ0v) is 5.44. The van der Waals surface area contributed by atoms with Crippen molar-refractivity contribution in [3.8, 4) is 0 Å². The smallest absolute Gasteiger partial charge is 0.0215 e. The van der Waals surface area contributed by atoms with Crippen molar-refractivity contribution in [1.82, 2.24) is 0 Å². The minimum atomic E-state index is 0.708. The minimum absolute atomic E-state index is 0.708. The Bertz CT molecular complexity index is 129. The van der Waals surface area contributed by atoms with Crippen molar-refractivity contribution in [2.24, 2.45) is 5.92 Å². The van der Waals surface area contributed by atoms with Crippen LogP contribution in [0.25, 0.3) is 0 Å². The van der Waals surface area contributed by atoms with Crippen molar-refractivity contribution in [2.45, 2.75) is 20.3 Å². The third-order valence-corrected chi connectivity index (χ3v) is 1.35. The second-order valence-corrected chi connectivity index (χ2v) is 2.51. The largest absolute Gasteiger partial charge is 0.0735 e. The maximum Gasteiger partial charge on any atom is -0.0215 e. The number of rotatable bonds is 0. The van der Waals surface area contributed by atoms with Gasteiger partial charge in [-0.2, -0.15) is 0 Å². The van der Waals surface area contributed by atoms with Gasteiger partial charge in [0.05, 0.1) is 0 Å². The fourth-order valence-electron chi connectivity index (χ4n) is 0.980. The first-order chi connectivity index (χ1) is 3.79. The van der Waals surface area contributed by atoms with Crippen molar-refractivity contribution in [3.05, 3.63) is 23.8 Å². The monoisotopic (exact) mass is 107 g/mol. The highest BCUT2D eigenvalue weighted by molar-refractivity contribution is 5.12. The summed E-state index contributed by atoms with van der Waals surface area (Å²) in [7, 11) is 0. The van der Waals surface area contributed by atoms with E-state index >= 15 is 0 Å². The van der Waals surface area contributed by atoms with Crippen molar-refractivity contribution >= 4 is 0 Å². The summed E-state index contributed by atoms with van der Waals surface area (Å²) >= 11 is 0. The second kappa shape index (κ2) is 2.17. The fourth-order valence-corrected chi connectivity index (χ4v) is 0.980. The molecule has 1 aliphatic carbocycles. The topological polar surface area (TPSA) is 0 Å². The molecule has 0 aliphatic heterocycles. The van der Waals surface area contributed by atoms with Crippen molar-refractivity contribution < 1.29 is 0 Å².